The van der Waals surface area contributed by atoms with Crippen molar-refractivity contribution in [1.29, 1.82) is 0 Å². The van der Waals surface area contributed by atoms with E-state index in [4.69, 9.17) is 4.74 Å². The maximum Gasteiger partial charge on any atom is 0.254 e. The summed E-state index contributed by atoms with van der Waals surface area (Å²) in [5.74, 6) is 0.221. The average molecular weight is 312 g/mol. The highest BCUT2D eigenvalue weighted by molar-refractivity contribution is 6.00. The van der Waals surface area contributed by atoms with Gasteiger partial charge in [0.15, 0.2) is 0 Å². The van der Waals surface area contributed by atoms with Crippen molar-refractivity contribution in [1.82, 2.24) is 4.90 Å². The van der Waals surface area contributed by atoms with E-state index in [-0.39, 0.29) is 18.4 Å². The Kier molecular flexibility index (Phi) is 5.36. The Morgan fingerprint density at radius 3 is 2.57 bits per heavy atom. The zero-order valence-electron chi connectivity index (χ0n) is 13.5. The molecule has 5 nitrogen and oxygen atoms in total. The molecule has 0 saturated carbocycles. The number of likely N-dealkylation sites (N-methyl/N-ethyl adjacent to an activating group) is 1. The molecule has 120 valence electrons. The Morgan fingerprint density at radius 2 is 1.87 bits per heavy atom. The van der Waals surface area contributed by atoms with E-state index in [1.165, 1.54) is 4.90 Å². The van der Waals surface area contributed by atoms with Crippen LogP contribution in [0.15, 0.2) is 48.5 Å². The van der Waals surface area contributed by atoms with E-state index in [2.05, 4.69) is 5.32 Å². The summed E-state index contributed by atoms with van der Waals surface area (Å²) in [5, 5.41) is 2.76. The highest BCUT2D eigenvalue weighted by Gasteiger charge is 2.16. The van der Waals surface area contributed by atoms with Gasteiger partial charge in [-0.1, -0.05) is 24.3 Å². The molecule has 0 saturated heterocycles. The lowest BCUT2D eigenvalue weighted by atomic mass is 10.1. The number of carbonyl (C=O) groups is 2. The molecule has 0 aromatic heterocycles. The molecule has 1 N–H and O–H groups in total. The predicted molar refractivity (Wildman–Crippen MR) is 89.8 cm³/mol. The molecule has 23 heavy (non-hydrogen) atoms. The lowest BCUT2D eigenvalue weighted by molar-refractivity contribution is -0.116. The molecule has 0 heterocycles. The highest BCUT2D eigenvalue weighted by atomic mass is 16.5. The first-order chi connectivity index (χ1) is 11.0. The minimum Gasteiger partial charge on any atom is -0.497 e. The number of hydrogen-bond donors (Lipinski definition) is 1. The van der Waals surface area contributed by atoms with Gasteiger partial charge in [0.25, 0.3) is 5.91 Å². The minimum absolute atomic E-state index is 0.0234. The number of nitrogens with one attached hydrogen (secondary N) is 1. The number of aryl methyl sites for hydroxylation is 1. The molecular weight excluding hydrogens is 292 g/mol. The van der Waals surface area contributed by atoms with Crippen molar-refractivity contribution in [2.45, 2.75) is 6.92 Å². The zero-order chi connectivity index (χ0) is 16.8. The number of carbonyl (C=O) groups excluding carboxylic acids is 2. The highest BCUT2D eigenvalue weighted by Crippen LogP contribution is 2.16. The van der Waals surface area contributed by atoms with Gasteiger partial charge in [-0.2, -0.15) is 0 Å². The van der Waals surface area contributed by atoms with Crippen LogP contribution in [0, 0.1) is 6.92 Å². The summed E-state index contributed by atoms with van der Waals surface area (Å²) in [6.07, 6.45) is 0. The number of benzene rings is 2. The van der Waals surface area contributed by atoms with Crippen molar-refractivity contribution < 1.29 is 14.3 Å². The van der Waals surface area contributed by atoms with Gasteiger partial charge >= 0.3 is 0 Å². The van der Waals surface area contributed by atoms with Gasteiger partial charge < -0.3 is 15.0 Å². The van der Waals surface area contributed by atoms with Crippen LogP contribution in [0.5, 0.6) is 5.75 Å². The van der Waals surface area contributed by atoms with Crippen molar-refractivity contribution in [3.63, 3.8) is 0 Å². The van der Waals surface area contributed by atoms with Crippen LogP contribution in [0.4, 0.5) is 5.69 Å². The van der Waals surface area contributed by atoms with Gasteiger partial charge in [-0.05, 0) is 30.7 Å². The SMILES string of the molecule is COc1cccc(NC(=O)CN(C)C(=O)c2ccccc2C)c1. The molecular formula is C18H20N2O3. The largest absolute Gasteiger partial charge is 0.497 e. The van der Waals surface area contributed by atoms with Crippen LogP contribution in [-0.4, -0.2) is 37.4 Å². The quantitative estimate of drug-likeness (QED) is 0.923. The molecule has 2 aromatic carbocycles. The van der Waals surface area contributed by atoms with Crippen molar-refractivity contribution in [2.75, 3.05) is 26.0 Å². The van der Waals surface area contributed by atoms with Crippen molar-refractivity contribution >= 4 is 17.5 Å². The number of nitrogens with zero attached hydrogens (tertiary/aromatic N) is 1. The van der Waals surface area contributed by atoms with Crippen LogP contribution in [0.1, 0.15) is 15.9 Å². The van der Waals surface area contributed by atoms with Crippen LogP contribution >= 0.6 is 0 Å². The summed E-state index contributed by atoms with van der Waals surface area (Å²) in [4.78, 5) is 25.9. The molecule has 2 amide bonds. The van der Waals surface area contributed by atoms with Gasteiger partial charge in [0.05, 0.1) is 13.7 Å². The number of anilines is 1. The van der Waals surface area contributed by atoms with Crippen LogP contribution in [0.2, 0.25) is 0 Å². The molecule has 0 unspecified atom stereocenters. The summed E-state index contributed by atoms with van der Waals surface area (Å²) >= 11 is 0. The van der Waals surface area contributed by atoms with Crippen LogP contribution in [-0.2, 0) is 4.79 Å². The van der Waals surface area contributed by atoms with Gasteiger partial charge in [-0.15, -0.1) is 0 Å². The summed E-state index contributed by atoms with van der Waals surface area (Å²) in [6.45, 7) is 1.85. The maximum atomic E-state index is 12.4. The van der Waals surface area contributed by atoms with E-state index in [9.17, 15) is 9.59 Å². The second kappa shape index (κ2) is 7.45. The number of amides is 2. The molecule has 0 fully saturated rings. The Morgan fingerprint density at radius 1 is 1.13 bits per heavy atom. The van der Waals surface area contributed by atoms with Gasteiger partial charge in [0.2, 0.25) is 5.91 Å². The van der Waals surface area contributed by atoms with E-state index >= 15 is 0 Å². The summed E-state index contributed by atoms with van der Waals surface area (Å²) in [6, 6.07) is 14.4. The van der Waals surface area contributed by atoms with Gasteiger partial charge in [-0.3, -0.25) is 9.59 Å². The van der Waals surface area contributed by atoms with Crippen LogP contribution in [0.25, 0.3) is 0 Å². The fourth-order valence-electron chi connectivity index (χ4n) is 2.21. The third-order valence-corrected chi connectivity index (χ3v) is 3.46. The van der Waals surface area contributed by atoms with Crippen LogP contribution in [0.3, 0.4) is 0 Å². The van der Waals surface area contributed by atoms with E-state index in [0.29, 0.717) is 17.0 Å². The first kappa shape index (κ1) is 16.5. The van der Waals surface area contributed by atoms with E-state index in [1.807, 2.05) is 25.1 Å². The molecule has 0 bridgehead atoms. The lowest BCUT2D eigenvalue weighted by Crippen LogP contribution is -2.35. The second-order valence-electron chi connectivity index (χ2n) is 5.26. The third kappa shape index (κ3) is 4.32. The van der Waals surface area contributed by atoms with E-state index in [1.54, 1.807) is 44.5 Å². The molecule has 0 aliphatic rings. The molecule has 0 aliphatic heterocycles. The fraction of sp³-hybridized carbons (Fsp3) is 0.222. The van der Waals surface area contributed by atoms with Crippen molar-refractivity contribution in [2.24, 2.45) is 0 Å². The first-order valence-electron chi connectivity index (χ1n) is 7.26. The molecule has 0 spiro atoms. The number of methoxy groups -OCH3 is 1. The summed E-state index contributed by atoms with van der Waals surface area (Å²) in [7, 11) is 3.18. The Bertz CT molecular complexity index is 713. The average Bonchev–Trinajstić information content (AvgIpc) is 2.54. The lowest BCUT2D eigenvalue weighted by Gasteiger charge is -2.18. The maximum absolute atomic E-state index is 12.4. The molecule has 2 aromatic rings. The minimum atomic E-state index is -0.261. The van der Waals surface area contributed by atoms with Gasteiger partial charge in [0, 0.05) is 24.4 Å². The fourth-order valence-corrected chi connectivity index (χ4v) is 2.21. The number of rotatable bonds is 5. The van der Waals surface area contributed by atoms with Gasteiger partial charge in [-0.25, -0.2) is 0 Å². The van der Waals surface area contributed by atoms with E-state index in [0.717, 1.165) is 5.56 Å². The second-order valence-corrected chi connectivity index (χ2v) is 5.26. The summed E-state index contributed by atoms with van der Waals surface area (Å²) in [5.41, 5.74) is 2.12. The molecule has 0 atom stereocenters. The predicted octanol–water partition coefficient (Wildman–Crippen LogP) is 2.71. The van der Waals surface area contributed by atoms with Gasteiger partial charge in [0.1, 0.15) is 5.75 Å². The molecule has 0 radical (unpaired) electrons. The smallest absolute Gasteiger partial charge is 0.254 e. The normalized spacial score (nSPS) is 10.0. The monoisotopic (exact) mass is 312 g/mol. The Balaban J connectivity index is 1.99. The zero-order valence-corrected chi connectivity index (χ0v) is 13.5. The molecule has 5 heteroatoms. The topological polar surface area (TPSA) is 58.6 Å². The number of hydrogen-bond acceptors (Lipinski definition) is 3. The Hall–Kier alpha value is -2.82. The van der Waals surface area contributed by atoms with Crippen molar-refractivity contribution in [3.8, 4) is 5.75 Å². The summed E-state index contributed by atoms with van der Waals surface area (Å²) < 4.78 is 5.11. The standard InChI is InChI=1S/C18H20N2O3/c1-13-7-4-5-10-16(13)18(22)20(2)12-17(21)19-14-8-6-9-15(11-14)23-3/h4-11H,12H2,1-3H3,(H,19,21). The Labute approximate surface area is 135 Å². The first-order valence-corrected chi connectivity index (χ1v) is 7.26. The molecule has 0 aliphatic carbocycles. The van der Waals surface area contributed by atoms with Crippen molar-refractivity contribution in [3.05, 3.63) is 59.7 Å². The number of ether oxygens (including phenoxy) is 1. The molecule has 2 rings (SSSR count). The third-order valence-electron chi connectivity index (χ3n) is 3.46. The van der Waals surface area contributed by atoms with Crippen LogP contribution < -0.4 is 10.1 Å². The van der Waals surface area contributed by atoms with E-state index < -0.39 is 0 Å².